The highest BCUT2D eigenvalue weighted by atomic mass is 16.5. The summed E-state index contributed by atoms with van der Waals surface area (Å²) in [5.41, 5.74) is 0.699. The first-order valence-electron chi connectivity index (χ1n) is 9.54. The standard InChI is InChI=1S/C20H29N5O2/c1-5-27-17-10-8-15(9-11-17)20(26)25-12-6-7-16(13-25)19-22-21-18(24(19)4)14-23(2)3/h8-11,16H,5-7,12-14H2,1-4H3/t16-/m0/s1. The van der Waals surface area contributed by atoms with E-state index in [4.69, 9.17) is 4.74 Å². The molecule has 0 spiro atoms. The van der Waals surface area contributed by atoms with E-state index in [-0.39, 0.29) is 11.8 Å². The van der Waals surface area contributed by atoms with E-state index in [0.29, 0.717) is 18.7 Å². The molecule has 0 bridgehead atoms. The summed E-state index contributed by atoms with van der Waals surface area (Å²) in [5.74, 6) is 3.00. The van der Waals surface area contributed by atoms with Gasteiger partial charge >= 0.3 is 0 Å². The van der Waals surface area contributed by atoms with Gasteiger partial charge in [-0.1, -0.05) is 0 Å². The van der Waals surface area contributed by atoms with Gasteiger partial charge in [-0.15, -0.1) is 10.2 Å². The third-order valence-corrected chi connectivity index (χ3v) is 4.94. The number of ether oxygens (including phenoxy) is 1. The van der Waals surface area contributed by atoms with Crippen molar-refractivity contribution in [2.24, 2.45) is 7.05 Å². The summed E-state index contributed by atoms with van der Waals surface area (Å²) in [5, 5.41) is 8.76. The Balaban J connectivity index is 1.70. The molecule has 0 saturated carbocycles. The number of piperidine rings is 1. The van der Waals surface area contributed by atoms with E-state index in [2.05, 4.69) is 19.7 Å². The van der Waals surface area contributed by atoms with E-state index >= 15 is 0 Å². The molecule has 1 aliphatic heterocycles. The molecule has 2 aromatic rings. The third-order valence-electron chi connectivity index (χ3n) is 4.94. The molecule has 1 saturated heterocycles. The first-order valence-corrected chi connectivity index (χ1v) is 9.54. The van der Waals surface area contributed by atoms with Gasteiger partial charge in [-0.3, -0.25) is 4.79 Å². The lowest BCUT2D eigenvalue weighted by molar-refractivity contribution is 0.0703. The Morgan fingerprint density at radius 1 is 1.26 bits per heavy atom. The molecule has 0 radical (unpaired) electrons. The minimum absolute atomic E-state index is 0.0680. The fourth-order valence-electron chi connectivity index (χ4n) is 3.57. The van der Waals surface area contributed by atoms with E-state index in [1.54, 1.807) is 0 Å². The first kappa shape index (κ1) is 19.4. The highest BCUT2D eigenvalue weighted by molar-refractivity contribution is 5.94. The maximum atomic E-state index is 12.9. The number of hydrogen-bond acceptors (Lipinski definition) is 5. The van der Waals surface area contributed by atoms with Crippen LogP contribution in [0.25, 0.3) is 0 Å². The van der Waals surface area contributed by atoms with Crippen LogP contribution in [0.1, 0.15) is 47.7 Å². The molecule has 7 heteroatoms. The van der Waals surface area contributed by atoms with Crippen molar-refractivity contribution in [3.05, 3.63) is 41.5 Å². The maximum Gasteiger partial charge on any atom is 0.253 e. The molecule has 27 heavy (non-hydrogen) atoms. The van der Waals surface area contributed by atoms with Gasteiger partial charge in [0, 0.05) is 31.6 Å². The lowest BCUT2D eigenvalue weighted by Crippen LogP contribution is -2.39. The predicted molar refractivity (Wildman–Crippen MR) is 104 cm³/mol. The minimum Gasteiger partial charge on any atom is -0.494 e. The summed E-state index contributed by atoms with van der Waals surface area (Å²) in [7, 11) is 6.06. The summed E-state index contributed by atoms with van der Waals surface area (Å²) >= 11 is 0. The highest BCUT2D eigenvalue weighted by Gasteiger charge is 2.29. The fraction of sp³-hybridized carbons (Fsp3) is 0.550. The van der Waals surface area contributed by atoms with Crippen LogP contribution in [-0.2, 0) is 13.6 Å². The lowest BCUT2D eigenvalue weighted by atomic mass is 9.96. The average molecular weight is 371 g/mol. The number of likely N-dealkylation sites (tertiary alicyclic amines) is 1. The first-order chi connectivity index (χ1) is 13.0. The minimum atomic E-state index is 0.0680. The monoisotopic (exact) mass is 371 g/mol. The summed E-state index contributed by atoms with van der Waals surface area (Å²) in [6.45, 7) is 4.79. The van der Waals surface area contributed by atoms with Crippen molar-refractivity contribution in [3.63, 3.8) is 0 Å². The SMILES string of the molecule is CCOc1ccc(C(=O)N2CCC[C@H](c3nnc(CN(C)C)n3C)C2)cc1. The van der Waals surface area contributed by atoms with Gasteiger partial charge < -0.3 is 19.1 Å². The number of rotatable bonds is 6. The van der Waals surface area contributed by atoms with E-state index in [9.17, 15) is 4.79 Å². The number of benzene rings is 1. The fourth-order valence-corrected chi connectivity index (χ4v) is 3.57. The summed E-state index contributed by atoms with van der Waals surface area (Å²) < 4.78 is 7.54. The smallest absolute Gasteiger partial charge is 0.253 e. The number of carbonyl (C=O) groups is 1. The van der Waals surface area contributed by atoms with E-state index in [0.717, 1.165) is 43.3 Å². The molecule has 1 amide bonds. The van der Waals surface area contributed by atoms with Gasteiger partial charge in [0.2, 0.25) is 0 Å². The van der Waals surface area contributed by atoms with Crippen molar-refractivity contribution in [2.45, 2.75) is 32.2 Å². The second-order valence-corrected chi connectivity index (χ2v) is 7.32. The van der Waals surface area contributed by atoms with Crippen LogP contribution in [-0.4, -0.2) is 64.3 Å². The van der Waals surface area contributed by atoms with Gasteiger partial charge in [-0.25, -0.2) is 0 Å². The molecule has 3 rings (SSSR count). The molecular weight excluding hydrogens is 342 g/mol. The van der Waals surface area contributed by atoms with Gasteiger partial charge in [-0.2, -0.15) is 0 Å². The predicted octanol–water partition coefficient (Wildman–Crippen LogP) is 2.30. The molecule has 1 aliphatic rings. The largest absolute Gasteiger partial charge is 0.494 e. The Hall–Kier alpha value is -2.41. The second-order valence-electron chi connectivity index (χ2n) is 7.32. The van der Waals surface area contributed by atoms with Crippen molar-refractivity contribution in [3.8, 4) is 5.75 Å². The molecule has 7 nitrogen and oxygen atoms in total. The molecule has 1 fully saturated rings. The van der Waals surface area contributed by atoms with E-state index in [1.807, 2.05) is 57.2 Å². The summed E-state index contributed by atoms with van der Waals surface area (Å²) in [6, 6.07) is 7.39. The topological polar surface area (TPSA) is 63.5 Å². The Bertz CT molecular complexity index is 769. The Morgan fingerprint density at radius 3 is 2.67 bits per heavy atom. The van der Waals surface area contributed by atoms with Crippen molar-refractivity contribution >= 4 is 5.91 Å². The van der Waals surface area contributed by atoms with Crippen molar-refractivity contribution in [1.29, 1.82) is 0 Å². The summed E-state index contributed by atoms with van der Waals surface area (Å²) in [4.78, 5) is 16.9. The summed E-state index contributed by atoms with van der Waals surface area (Å²) in [6.07, 6.45) is 2.00. The van der Waals surface area contributed by atoms with Gasteiger partial charge in [0.05, 0.1) is 13.2 Å². The molecule has 0 aliphatic carbocycles. The van der Waals surface area contributed by atoms with Crippen LogP contribution < -0.4 is 4.74 Å². The van der Waals surface area contributed by atoms with Crippen molar-refractivity contribution in [2.75, 3.05) is 33.8 Å². The lowest BCUT2D eigenvalue weighted by Gasteiger charge is -2.32. The van der Waals surface area contributed by atoms with Crippen molar-refractivity contribution < 1.29 is 9.53 Å². The Labute approximate surface area is 160 Å². The Morgan fingerprint density at radius 2 is 2.00 bits per heavy atom. The van der Waals surface area contributed by atoms with Gasteiger partial charge in [-0.05, 0) is 58.1 Å². The number of carbonyl (C=O) groups excluding carboxylic acids is 1. The zero-order valence-corrected chi connectivity index (χ0v) is 16.7. The van der Waals surface area contributed by atoms with Crippen LogP contribution >= 0.6 is 0 Å². The van der Waals surface area contributed by atoms with Crippen LogP contribution in [0.5, 0.6) is 5.75 Å². The normalized spacial score (nSPS) is 17.4. The highest BCUT2D eigenvalue weighted by Crippen LogP contribution is 2.27. The molecule has 1 aromatic heterocycles. The van der Waals surface area contributed by atoms with Gasteiger partial charge in [0.1, 0.15) is 17.4 Å². The molecule has 1 aromatic carbocycles. The molecular formula is C20H29N5O2. The molecule has 2 heterocycles. The molecule has 146 valence electrons. The van der Waals surface area contributed by atoms with E-state index < -0.39 is 0 Å². The number of nitrogens with zero attached hydrogens (tertiary/aromatic N) is 5. The van der Waals surface area contributed by atoms with Crippen LogP contribution in [0, 0.1) is 0 Å². The van der Waals surface area contributed by atoms with E-state index in [1.165, 1.54) is 0 Å². The maximum absolute atomic E-state index is 12.9. The van der Waals surface area contributed by atoms with Crippen molar-refractivity contribution in [1.82, 2.24) is 24.6 Å². The quantitative estimate of drug-likeness (QED) is 0.780. The van der Waals surface area contributed by atoms with Crippen LogP contribution in [0.3, 0.4) is 0 Å². The molecule has 0 N–H and O–H groups in total. The molecule has 0 unspecified atom stereocenters. The molecule has 1 atom stereocenters. The van der Waals surface area contributed by atoms with Gasteiger partial charge in [0.25, 0.3) is 5.91 Å². The average Bonchev–Trinajstić information content (AvgIpc) is 3.02. The number of amides is 1. The third kappa shape index (κ3) is 4.47. The zero-order valence-electron chi connectivity index (χ0n) is 16.7. The van der Waals surface area contributed by atoms with Gasteiger partial charge in [0.15, 0.2) is 0 Å². The van der Waals surface area contributed by atoms with Crippen LogP contribution in [0.2, 0.25) is 0 Å². The number of aromatic nitrogens is 3. The zero-order chi connectivity index (χ0) is 19.4. The Kier molecular flexibility index (Phi) is 6.11. The van der Waals surface area contributed by atoms with Crippen LogP contribution in [0.15, 0.2) is 24.3 Å². The van der Waals surface area contributed by atoms with Crippen LogP contribution in [0.4, 0.5) is 0 Å². The second kappa shape index (κ2) is 8.52. The number of hydrogen-bond donors (Lipinski definition) is 0.